The van der Waals surface area contributed by atoms with Crippen molar-refractivity contribution in [3.05, 3.63) is 212 Å². The van der Waals surface area contributed by atoms with Crippen molar-refractivity contribution < 1.29 is 8.83 Å². The van der Waals surface area contributed by atoms with Crippen LogP contribution in [0.15, 0.2) is 221 Å². The maximum absolute atomic E-state index is 6.78. The zero-order valence-corrected chi connectivity index (χ0v) is 34.4. The Hall–Kier alpha value is -8.67. The average molecular weight is 818 g/mol. The summed E-state index contributed by atoms with van der Waals surface area (Å²) in [5.74, 6) is 1.81. The molecular formula is C59H35N3O2. The number of para-hydroxylation sites is 2. The van der Waals surface area contributed by atoms with Gasteiger partial charge in [-0.25, -0.2) is 15.0 Å². The molecule has 0 saturated heterocycles. The van der Waals surface area contributed by atoms with Crippen LogP contribution in [0.1, 0.15) is 0 Å². The van der Waals surface area contributed by atoms with E-state index in [1.807, 2.05) is 66.7 Å². The fourth-order valence-electron chi connectivity index (χ4n) is 9.61. The largest absolute Gasteiger partial charge is 0.456 e. The summed E-state index contributed by atoms with van der Waals surface area (Å²) < 4.78 is 13.0. The minimum atomic E-state index is 0.594. The number of nitrogens with zero attached hydrogens (tertiary/aromatic N) is 3. The molecule has 0 amide bonds. The molecule has 0 fully saturated rings. The second-order valence-electron chi connectivity index (χ2n) is 16.2. The highest BCUT2D eigenvalue weighted by atomic mass is 16.3. The van der Waals surface area contributed by atoms with Gasteiger partial charge in [-0.05, 0) is 73.6 Å². The van der Waals surface area contributed by atoms with Gasteiger partial charge in [-0.3, -0.25) is 0 Å². The van der Waals surface area contributed by atoms with Crippen molar-refractivity contribution in [2.75, 3.05) is 0 Å². The van der Waals surface area contributed by atoms with Crippen LogP contribution in [0.2, 0.25) is 0 Å². The summed E-state index contributed by atoms with van der Waals surface area (Å²) in [6.07, 6.45) is 0. The Labute approximate surface area is 367 Å². The molecule has 0 spiro atoms. The topological polar surface area (TPSA) is 65.0 Å². The van der Waals surface area contributed by atoms with Gasteiger partial charge in [0.05, 0.1) is 0 Å². The first-order chi connectivity index (χ1) is 31.7. The average Bonchev–Trinajstić information content (AvgIpc) is 3.95. The quantitative estimate of drug-likeness (QED) is 0.167. The smallest absolute Gasteiger partial charge is 0.164 e. The van der Waals surface area contributed by atoms with Crippen LogP contribution in [0, 0.1) is 0 Å². The Morgan fingerprint density at radius 3 is 1.52 bits per heavy atom. The molecule has 10 aromatic carbocycles. The van der Waals surface area contributed by atoms with Gasteiger partial charge in [0.15, 0.2) is 17.5 Å². The zero-order chi connectivity index (χ0) is 42.1. The van der Waals surface area contributed by atoms with Gasteiger partial charge in [-0.15, -0.1) is 0 Å². The lowest BCUT2D eigenvalue weighted by Gasteiger charge is -2.15. The van der Waals surface area contributed by atoms with Crippen molar-refractivity contribution in [1.29, 1.82) is 0 Å². The number of hydrogen-bond donors (Lipinski definition) is 0. The molecule has 0 radical (unpaired) electrons. The SMILES string of the molecule is c1ccc(-c2nc(-c3ccc(-c4ccc(-c5ccc(-c6cccc7ccccc67)c6oc7ccccc7c56)c5ccccc45)cc3)nc(-c3cccc4oc5ccccc5c34)n2)cc1. The molecule has 5 nitrogen and oxygen atoms in total. The minimum Gasteiger partial charge on any atom is -0.456 e. The molecule has 13 aromatic rings. The minimum absolute atomic E-state index is 0.594. The molecule has 0 aliphatic heterocycles. The van der Waals surface area contributed by atoms with Crippen LogP contribution in [0.3, 0.4) is 0 Å². The predicted octanol–water partition coefficient (Wildman–Crippen LogP) is 16.0. The fraction of sp³-hybridized carbons (Fsp3) is 0. The number of furan rings is 2. The first-order valence-corrected chi connectivity index (χ1v) is 21.5. The summed E-state index contributed by atoms with van der Waals surface area (Å²) in [6, 6.07) is 74.0. The predicted molar refractivity (Wildman–Crippen MR) is 262 cm³/mol. The van der Waals surface area contributed by atoms with Gasteiger partial charge in [0.25, 0.3) is 0 Å². The van der Waals surface area contributed by atoms with E-state index in [0.717, 1.165) is 93.9 Å². The molecule has 0 saturated carbocycles. The molecule has 0 aliphatic carbocycles. The number of aromatic nitrogens is 3. The van der Waals surface area contributed by atoms with Gasteiger partial charge in [0.2, 0.25) is 0 Å². The maximum Gasteiger partial charge on any atom is 0.164 e. The highest BCUT2D eigenvalue weighted by molar-refractivity contribution is 6.20. The molecule has 5 heteroatoms. The third kappa shape index (κ3) is 5.75. The van der Waals surface area contributed by atoms with Crippen molar-refractivity contribution in [1.82, 2.24) is 15.0 Å². The van der Waals surface area contributed by atoms with E-state index in [1.54, 1.807) is 0 Å². The van der Waals surface area contributed by atoms with Crippen molar-refractivity contribution in [3.63, 3.8) is 0 Å². The third-order valence-corrected chi connectivity index (χ3v) is 12.6. The van der Waals surface area contributed by atoms with Crippen molar-refractivity contribution in [3.8, 4) is 67.5 Å². The summed E-state index contributed by atoms with van der Waals surface area (Å²) in [5, 5.41) is 8.98. The number of rotatable bonds is 6. The molecular weight excluding hydrogens is 783 g/mol. The van der Waals surface area contributed by atoms with E-state index >= 15 is 0 Å². The fourth-order valence-corrected chi connectivity index (χ4v) is 9.61. The summed E-state index contributed by atoms with van der Waals surface area (Å²) in [4.78, 5) is 15.3. The van der Waals surface area contributed by atoms with Crippen molar-refractivity contribution in [2.45, 2.75) is 0 Å². The lowest BCUT2D eigenvalue weighted by molar-refractivity contribution is 0.669. The summed E-state index contributed by atoms with van der Waals surface area (Å²) in [7, 11) is 0. The lowest BCUT2D eigenvalue weighted by atomic mass is 9.88. The Balaban J connectivity index is 0.934. The van der Waals surface area contributed by atoms with E-state index in [9.17, 15) is 0 Å². The highest BCUT2D eigenvalue weighted by Gasteiger charge is 2.21. The first kappa shape index (κ1) is 36.0. The van der Waals surface area contributed by atoms with Crippen LogP contribution in [0.4, 0.5) is 0 Å². The van der Waals surface area contributed by atoms with Crippen LogP contribution in [-0.4, -0.2) is 15.0 Å². The van der Waals surface area contributed by atoms with Crippen LogP contribution in [-0.2, 0) is 0 Å². The Morgan fingerprint density at radius 2 is 0.734 bits per heavy atom. The zero-order valence-electron chi connectivity index (χ0n) is 34.4. The Kier molecular flexibility index (Phi) is 8.15. The van der Waals surface area contributed by atoms with E-state index in [1.165, 1.54) is 21.5 Å². The monoisotopic (exact) mass is 817 g/mol. The number of hydrogen-bond acceptors (Lipinski definition) is 5. The summed E-state index contributed by atoms with van der Waals surface area (Å²) in [5.41, 5.74) is 12.9. The molecule has 3 heterocycles. The summed E-state index contributed by atoms with van der Waals surface area (Å²) in [6.45, 7) is 0. The number of benzene rings is 10. The van der Waals surface area contributed by atoms with E-state index in [0.29, 0.717) is 17.5 Å². The van der Waals surface area contributed by atoms with Gasteiger partial charge in [0.1, 0.15) is 22.3 Å². The molecule has 13 rings (SSSR count). The van der Waals surface area contributed by atoms with Gasteiger partial charge in [-0.1, -0.05) is 188 Å². The van der Waals surface area contributed by atoms with Crippen LogP contribution >= 0.6 is 0 Å². The lowest BCUT2D eigenvalue weighted by Crippen LogP contribution is -2.00. The Morgan fingerprint density at radius 1 is 0.250 bits per heavy atom. The molecule has 0 unspecified atom stereocenters. The van der Waals surface area contributed by atoms with Crippen LogP contribution < -0.4 is 0 Å². The standard InChI is InChI=1S/C59H35N3O2/c1-2-15-38(16-3-1)57-60-58(62-59(61-57)50-24-13-27-53-54(50)48-21-8-10-25-51(48)63-53)39-30-28-37(29-31-39)41-32-33-45(44-20-7-6-19-42(41)44)46-34-35-47(43-23-12-17-36-14-4-5-18-40(36)43)56-55(46)49-22-9-11-26-52(49)64-56/h1-35H. The molecule has 0 aliphatic rings. The highest BCUT2D eigenvalue weighted by Crippen LogP contribution is 2.46. The van der Waals surface area contributed by atoms with Gasteiger partial charge >= 0.3 is 0 Å². The molecule has 0 atom stereocenters. The normalized spacial score (nSPS) is 11.8. The molecule has 298 valence electrons. The van der Waals surface area contributed by atoms with Crippen LogP contribution in [0.25, 0.3) is 133 Å². The van der Waals surface area contributed by atoms with Crippen molar-refractivity contribution >= 4 is 65.4 Å². The van der Waals surface area contributed by atoms with E-state index in [2.05, 4.69) is 146 Å². The second-order valence-corrected chi connectivity index (χ2v) is 16.2. The van der Waals surface area contributed by atoms with Gasteiger partial charge in [-0.2, -0.15) is 0 Å². The Bertz CT molecular complexity index is 3950. The van der Waals surface area contributed by atoms with E-state index < -0.39 is 0 Å². The molecule has 0 N–H and O–H groups in total. The van der Waals surface area contributed by atoms with Gasteiger partial charge in [0, 0.05) is 43.8 Å². The van der Waals surface area contributed by atoms with Crippen molar-refractivity contribution in [2.24, 2.45) is 0 Å². The van der Waals surface area contributed by atoms with Gasteiger partial charge < -0.3 is 8.83 Å². The molecule has 3 aromatic heterocycles. The third-order valence-electron chi connectivity index (χ3n) is 12.6. The molecule has 64 heavy (non-hydrogen) atoms. The first-order valence-electron chi connectivity index (χ1n) is 21.5. The van der Waals surface area contributed by atoms with E-state index in [4.69, 9.17) is 23.8 Å². The van der Waals surface area contributed by atoms with Crippen LogP contribution in [0.5, 0.6) is 0 Å². The number of fused-ring (bicyclic) bond motifs is 8. The molecule has 0 bridgehead atoms. The maximum atomic E-state index is 6.78. The van der Waals surface area contributed by atoms with E-state index in [-0.39, 0.29) is 0 Å². The second kappa shape index (κ2) is 14.5. The summed E-state index contributed by atoms with van der Waals surface area (Å²) >= 11 is 0.